The molecule has 0 radical (unpaired) electrons. The molecule has 1 N–H and O–H groups in total. The van der Waals surface area contributed by atoms with Crippen molar-refractivity contribution in [3.63, 3.8) is 0 Å². The Morgan fingerprint density at radius 2 is 1.03 bits per heavy atom. The lowest BCUT2D eigenvalue weighted by Gasteiger charge is -2.14. The minimum absolute atomic E-state index is 0.303. The topological polar surface area (TPSA) is 55.8 Å². The lowest BCUT2D eigenvalue weighted by atomic mass is 10.0. The summed E-state index contributed by atoms with van der Waals surface area (Å²) in [5.74, 6) is 0.638. The van der Waals surface area contributed by atoms with Crippen molar-refractivity contribution < 1.29 is 18.5 Å². The van der Waals surface area contributed by atoms with Crippen LogP contribution in [0.25, 0.3) is 0 Å². The van der Waals surface area contributed by atoms with Gasteiger partial charge in [0.25, 0.3) is 0 Å². The summed E-state index contributed by atoms with van der Waals surface area (Å²) in [5.41, 5.74) is 1.22. The number of phosphoric acid groups is 1. The van der Waals surface area contributed by atoms with E-state index in [1.165, 1.54) is 95.5 Å². The van der Waals surface area contributed by atoms with Gasteiger partial charge in [0.05, 0.1) is 0 Å². The summed E-state index contributed by atoms with van der Waals surface area (Å²) in [6.07, 6.45) is 20.1. The number of phosphoric ester groups is 1. The zero-order valence-corrected chi connectivity index (χ0v) is 21.3. The second-order valence-electron chi connectivity index (χ2n) is 8.95. The molecule has 0 fully saturated rings. The predicted molar refractivity (Wildman–Crippen MR) is 138 cm³/mol. The number of para-hydroxylation sites is 1. The first-order valence-electron chi connectivity index (χ1n) is 12.9. The van der Waals surface area contributed by atoms with Gasteiger partial charge >= 0.3 is 7.82 Å². The Bertz CT molecular complexity index is 776. The van der Waals surface area contributed by atoms with Gasteiger partial charge in [0, 0.05) is 0 Å². The van der Waals surface area contributed by atoms with Gasteiger partial charge in [0.2, 0.25) is 0 Å². The van der Waals surface area contributed by atoms with Crippen molar-refractivity contribution >= 4 is 7.82 Å². The smallest absolute Gasteiger partial charge is 0.395 e. The normalized spacial score (nSPS) is 12.9. The monoisotopic (exact) mass is 474 g/mol. The van der Waals surface area contributed by atoms with E-state index in [1.54, 1.807) is 36.4 Å². The number of benzene rings is 2. The van der Waals surface area contributed by atoms with Crippen LogP contribution in [-0.4, -0.2) is 4.89 Å². The van der Waals surface area contributed by atoms with Crippen LogP contribution in [0.1, 0.15) is 102 Å². The van der Waals surface area contributed by atoms with Crippen LogP contribution in [-0.2, 0) is 11.0 Å². The van der Waals surface area contributed by atoms with E-state index in [9.17, 15) is 9.46 Å². The second-order valence-corrected chi connectivity index (χ2v) is 10.3. The SMILES string of the molecule is CCCCCCCCCCCCCCCCc1ccc(OP(=O)(O)Oc2ccccc2)cc1. The quantitative estimate of drug-likeness (QED) is 0.163. The Balaban J connectivity index is 1.49. The maximum Gasteiger partial charge on any atom is 0.584 e. The molecule has 0 saturated carbocycles. The number of hydrogen-bond donors (Lipinski definition) is 1. The highest BCUT2D eigenvalue weighted by molar-refractivity contribution is 7.48. The molecule has 0 heterocycles. The molecule has 0 aliphatic rings. The molecule has 4 nitrogen and oxygen atoms in total. The number of aryl methyl sites for hydroxylation is 1. The van der Waals surface area contributed by atoms with Crippen LogP contribution < -0.4 is 9.05 Å². The summed E-state index contributed by atoms with van der Waals surface area (Å²) >= 11 is 0. The molecule has 0 spiro atoms. The van der Waals surface area contributed by atoms with Gasteiger partial charge in [-0.3, -0.25) is 4.89 Å². The first-order chi connectivity index (χ1) is 16.1. The highest BCUT2D eigenvalue weighted by Gasteiger charge is 2.24. The molecular weight excluding hydrogens is 431 g/mol. The first kappa shape index (κ1) is 27.5. The molecule has 0 saturated heterocycles. The van der Waals surface area contributed by atoms with E-state index in [4.69, 9.17) is 9.05 Å². The number of rotatable bonds is 19. The molecule has 1 atom stereocenters. The zero-order valence-electron chi connectivity index (χ0n) is 20.4. The van der Waals surface area contributed by atoms with Gasteiger partial charge in [0.1, 0.15) is 11.5 Å². The summed E-state index contributed by atoms with van der Waals surface area (Å²) in [5, 5.41) is 0. The summed E-state index contributed by atoms with van der Waals surface area (Å²) < 4.78 is 22.4. The van der Waals surface area contributed by atoms with Crippen LogP contribution in [0.4, 0.5) is 0 Å². The van der Waals surface area contributed by atoms with E-state index >= 15 is 0 Å². The highest BCUT2D eigenvalue weighted by atomic mass is 31.2. The van der Waals surface area contributed by atoms with E-state index in [2.05, 4.69) is 6.92 Å². The van der Waals surface area contributed by atoms with E-state index in [-0.39, 0.29) is 0 Å². The molecule has 0 aliphatic heterocycles. The maximum atomic E-state index is 12.2. The Morgan fingerprint density at radius 3 is 1.52 bits per heavy atom. The highest BCUT2D eigenvalue weighted by Crippen LogP contribution is 2.44. The number of unbranched alkanes of at least 4 members (excludes halogenated alkanes) is 13. The Hall–Kier alpha value is -1.77. The Morgan fingerprint density at radius 1 is 0.606 bits per heavy atom. The summed E-state index contributed by atoms with van der Waals surface area (Å²) in [6.45, 7) is 2.27. The van der Waals surface area contributed by atoms with Crippen molar-refractivity contribution in [3.8, 4) is 11.5 Å². The third-order valence-corrected chi connectivity index (χ3v) is 6.81. The molecule has 33 heavy (non-hydrogen) atoms. The fourth-order valence-corrected chi connectivity index (χ4v) is 4.82. The van der Waals surface area contributed by atoms with Crippen LogP contribution in [0.5, 0.6) is 11.5 Å². The Labute approximate surface area is 201 Å². The fourth-order valence-electron chi connectivity index (χ4n) is 4.01. The van der Waals surface area contributed by atoms with Gasteiger partial charge in [-0.2, -0.15) is 0 Å². The van der Waals surface area contributed by atoms with Gasteiger partial charge in [-0.1, -0.05) is 121 Å². The van der Waals surface area contributed by atoms with Crippen LogP contribution in [0.15, 0.2) is 54.6 Å². The van der Waals surface area contributed by atoms with Gasteiger partial charge < -0.3 is 9.05 Å². The van der Waals surface area contributed by atoms with Gasteiger partial charge in [-0.05, 0) is 42.7 Å². The maximum absolute atomic E-state index is 12.2. The van der Waals surface area contributed by atoms with Crippen molar-refractivity contribution in [2.24, 2.45) is 0 Å². The Kier molecular flexibility index (Phi) is 14.0. The van der Waals surface area contributed by atoms with Crippen molar-refractivity contribution in [1.29, 1.82) is 0 Å². The standard InChI is InChI=1S/C28H43O4P/c1-2-3-4-5-6-7-8-9-10-11-12-13-14-16-19-26-22-24-28(25-23-26)32-33(29,30)31-27-20-17-15-18-21-27/h15,17-18,20-25H,2-14,16,19H2,1H3,(H,29,30). The van der Waals surface area contributed by atoms with Crippen molar-refractivity contribution in [1.82, 2.24) is 0 Å². The summed E-state index contributed by atoms with van der Waals surface area (Å²) in [7, 11) is -4.20. The molecule has 0 aromatic heterocycles. The second kappa shape index (κ2) is 16.8. The minimum atomic E-state index is -4.20. The number of hydrogen-bond acceptors (Lipinski definition) is 3. The molecule has 184 valence electrons. The first-order valence-corrected chi connectivity index (χ1v) is 14.4. The summed E-state index contributed by atoms with van der Waals surface area (Å²) in [6, 6.07) is 15.9. The molecule has 2 aromatic rings. The predicted octanol–water partition coefficient (Wildman–Crippen LogP) is 9.27. The molecule has 0 aliphatic carbocycles. The average Bonchev–Trinajstić information content (AvgIpc) is 2.80. The molecule has 0 amide bonds. The van der Waals surface area contributed by atoms with E-state index in [0.717, 1.165) is 6.42 Å². The lowest BCUT2D eigenvalue weighted by Crippen LogP contribution is -1.99. The van der Waals surface area contributed by atoms with Gasteiger partial charge in [-0.25, -0.2) is 4.57 Å². The molecule has 0 bridgehead atoms. The third kappa shape index (κ3) is 13.5. The fraction of sp³-hybridized carbons (Fsp3) is 0.571. The van der Waals surface area contributed by atoms with Crippen LogP contribution in [0.3, 0.4) is 0 Å². The molecule has 1 unspecified atom stereocenters. The van der Waals surface area contributed by atoms with Crippen molar-refractivity contribution in [2.45, 2.75) is 103 Å². The van der Waals surface area contributed by atoms with Crippen LogP contribution in [0, 0.1) is 0 Å². The zero-order chi connectivity index (χ0) is 23.6. The van der Waals surface area contributed by atoms with Gasteiger partial charge in [0.15, 0.2) is 0 Å². The largest absolute Gasteiger partial charge is 0.584 e. The molecule has 2 aromatic carbocycles. The molecule has 2 rings (SSSR count). The van der Waals surface area contributed by atoms with Crippen LogP contribution >= 0.6 is 7.82 Å². The minimum Gasteiger partial charge on any atom is -0.395 e. The van der Waals surface area contributed by atoms with Crippen molar-refractivity contribution in [2.75, 3.05) is 0 Å². The van der Waals surface area contributed by atoms with E-state index in [0.29, 0.717) is 11.5 Å². The van der Waals surface area contributed by atoms with Crippen molar-refractivity contribution in [3.05, 3.63) is 60.2 Å². The summed E-state index contributed by atoms with van der Waals surface area (Å²) in [4.78, 5) is 9.95. The molecular formula is C28H43O4P. The van der Waals surface area contributed by atoms with Crippen LogP contribution in [0.2, 0.25) is 0 Å². The van der Waals surface area contributed by atoms with Gasteiger partial charge in [-0.15, -0.1) is 0 Å². The third-order valence-electron chi connectivity index (χ3n) is 5.93. The van der Waals surface area contributed by atoms with E-state index in [1.807, 2.05) is 18.2 Å². The average molecular weight is 475 g/mol. The molecule has 5 heteroatoms. The lowest BCUT2D eigenvalue weighted by molar-refractivity contribution is 0.291. The van der Waals surface area contributed by atoms with E-state index < -0.39 is 7.82 Å².